The van der Waals surface area contributed by atoms with Crippen LogP contribution in [0.2, 0.25) is 0 Å². The number of ether oxygens (including phenoxy) is 1. The van der Waals surface area contributed by atoms with Crippen LogP contribution in [0.15, 0.2) is 24.3 Å². The zero-order valence-corrected chi connectivity index (χ0v) is 14.1. The molecular weight excluding hydrogens is 294 g/mol. The van der Waals surface area contributed by atoms with E-state index < -0.39 is 0 Å². The van der Waals surface area contributed by atoms with E-state index in [0.717, 1.165) is 44.8 Å². The molecule has 0 atom stereocenters. The van der Waals surface area contributed by atoms with Gasteiger partial charge in [-0.25, -0.2) is 4.79 Å². The number of aromatic hydroxyl groups is 1. The number of nitrogens with zero attached hydrogens (tertiary/aromatic N) is 3. The molecule has 0 aromatic heterocycles. The van der Waals surface area contributed by atoms with E-state index >= 15 is 0 Å². The largest absolute Gasteiger partial charge is 0.508 e. The number of rotatable bonds is 6. The Morgan fingerprint density at radius 1 is 1.30 bits per heavy atom. The molecule has 0 bridgehead atoms. The lowest BCUT2D eigenvalue weighted by Gasteiger charge is -2.29. The van der Waals surface area contributed by atoms with Crippen molar-refractivity contribution in [2.45, 2.75) is 13.0 Å². The zero-order valence-electron chi connectivity index (χ0n) is 14.1. The van der Waals surface area contributed by atoms with E-state index in [4.69, 9.17) is 4.74 Å². The molecule has 1 aromatic rings. The number of amides is 2. The van der Waals surface area contributed by atoms with Gasteiger partial charge in [-0.3, -0.25) is 4.90 Å². The number of hydrogen-bond donors (Lipinski definition) is 1. The highest BCUT2D eigenvalue weighted by molar-refractivity contribution is 5.73. The predicted octanol–water partition coefficient (Wildman–Crippen LogP) is 1.60. The van der Waals surface area contributed by atoms with Gasteiger partial charge in [-0.1, -0.05) is 12.1 Å². The predicted molar refractivity (Wildman–Crippen MR) is 89.5 cm³/mol. The van der Waals surface area contributed by atoms with Crippen LogP contribution < -0.4 is 0 Å². The Bertz CT molecular complexity index is 502. The average Bonchev–Trinajstić information content (AvgIpc) is 2.54. The van der Waals surface area contributed by atoms with Crippen LogP contribution in [0.5, 0.6) is 5.75 Å². The number of hydrogen-bond acceptors (Lipinski definition) is 4. The first-order chi connectivity index (χ1) is 11.1. The molecule has 6 heteroatoms. The van der Waals surface area contributed by atoms with E-state index in [0.29, 0.717) is 13.1 Å². The summed E-state index contributed by atoms with van der Waals surface area (Å²) in [6, 6.07) is 7.07. The molecule has 0 spiro atoms. The van der Waals surface area contributed by atoms with Crippen molar-refractivity contribution in [1.82, 2.24) is 14.7 Å². The quantitative estimate of drug-likeness (QED) is 0.865. The lowest BCUT2D eigenvalue weighted by molar-refractivity contribution is 0.0363. The molecule has 2 rings (SSSR count). The van der Waals surface area contributed by atoms with Crippen molar-refractivity contribution in [3.63, 3.8) is 0 Å². The normalized spacial score (nSPS) is 15.4. The summed E-state index contributed by atoms with van der Waals surface area (Å²) in [4.78, 5) is 18.2. The van der Waals surface area contributed by atoms with Gasteiger partial charge < -0.3 is 19.6 Å². The summed E-state index contributed by atoms with van der Waals surface area (Å²) in [6.45, 7) is 5.70. The highest BCUT2D eigenvalue weighted by Crippen LogP contribution is 2.14. The third-order valence-corrected chi connectivity index (χ3v) is 3.94. The second-order valence-corrected chi connectivity index (χ2v) is 6.08. The number of morpholine rings is 1. The fraction of sp³-hybridized carbons (Fsp3) is 0.588. The van der Waals surface area contributed by atoms with Gasteiger partial charge in [0, 0.05) is 46.8 Å². The Morgan fingerprint density at radius 3 is 2.70 bits per heavy atom. The molecule has 0 radical (unpaired) electrons. The highest BCUT2D eigenvalue weighted by atomic mass is 16.5. The van der Waals surface area contributed by atoms with E-state index in [1.165, 1.54) is 0 Å². The molecule has 1 aromatic carbocycles. The molecule has 2 amide bonds. The van der Waals surface area contributed by atoms with Crippen LogP contribution in [-0.4, -0.2) is 79.3 Å². The van der Waals surface area contributed by atoms with E-state index in [2.05, 4.69) is 4.90 Å². The third kappa shape index (κ3) is 5.73. The first-order valence-corrected chi connectivity index (χ1v) is 8.10. The van der Waals surface area contributed by atoms with Crippen LogP contribution in [0.4, 0.5) is 4.79 Å². The van der Waals surface area contributed by atoms with Crippen LogP contribution in [-0.2, 0) is 11.3 Å². The fourth-order valence-electron chi connectivity index (χ4n) is 2.71. The number of urea groups is 1. The fourth-order valence-corrected chi connectivity index (χ4v) is 2.71. The molecule has 23 heavy (non-hydrogen) atoms. The SMILES string of the molecule is CN(C)C(=O)N(CCCN1CCOCC1)Cc1cccc(O)c1. The smallest absolute Gasteiger partial charge is 0.319 e. The summed E-state index contributed by atoms with van der Waals surface area (Å²) in [6.07, 6.45) is 0.929. The molecule has 1 aliphatic rings. The summed E-state index contributed by atoms with van der Waals surface area (Å²) in [5.41, 5.74) is 0.937. The van der Waals surface area contributed by atoms with Crippen LogP contribution >= 0.6 is 0 Å². The average molecular weight is 321 g/mol. The van der Waals surface area contributed by atoms with Gasteiger partial charge in [0.2, 0.25) is 0 Å². The Balaban J connectivity index is 1.89. The van der Waals surface area contributed by atoms with Crippen molar-refractivity contribution in [2.75, 3.05) is 53.5 Å². The van der Waals surface area contributed by atoms with Crippen LogP contribution in [0, 0.1) is 0 Å². The number of phenolic OH excluding ortho intramolecular Hbond substituents is 1. The first-order valence-electron chi connectivity index (χ1n) is 8.10. The summed E-state index contributed by atoms with van der Waals surface area (Å²) in [5.74, 6) is 0.230. The second kappa shape index (κ2) is 8.74. The van der Waals surface area contributed by atoms with Crippen molar-refractivity contribution in [1.29, 1.82) is 0 Å². The molecular formula is C17H27N3O3. The van der Waals surface area contributed by atoms with Crippen molar-refractivity contribution < 1.29 is 14.6 Å². The maximum Gasteiger partial charge on any atom is 0.319 e. The maximum absolute atomic E-state index is 12.4. The van der Waals surface area contributed by atoms with Crippen LogP contribution in [0.1, 0.15) is 12.0 Å². The first kappa shape index (κ1) is 17.6. The van der Waals surface area contributed by atoms with Crippen molar-refractivity contribution in [3.05, 3.63) is 29.8 Å². The summed E-state index contributed by atoms with van der Waals surface area (Å²) in [7, 11) is 3.53. The minimum absolute atomic E-state index is 0.00433. The standard InChI is InChI=1S/C17H27N3O3/c1-18(2)17(22)20(14-15-5-3-6-16(21)13-15)8-4-7-19-9-11-23-12-10-19/h3,5-6,13,21H,4,7-12,14H2,1-2H3. The number of carbonyl (C=O) groups excluding carboxylic acids is 1. The zero-order chi connectivity index (χ0) is 16.7. The lowest BCUT2D eigenvalue weighted by atomic mass is 10.2. The molecule has 128 valence electrons. The van der Waals surface area contributed by atoms with Gasteiger partial charge in [0.15, 0.2) is 0 Å². The molecule has 0 unspecified atom stereocenters. The highest BCUT2D eigenvalue weighted by Gasteiger charge is 2.17. The topological polar surface area (TPSA) is 56.3 Å². The van der Waals surface area contributed by atoms with E-state index in [9.17, 15) is 9.90 Å². The minimum atomic E-state index is -0.00433. The van der Waals surface area contributed by atoms with Crippen molar-refractivity contribution >= 4 is 6.03 Å². The maximum atomic E-state index is 12.4. The van der Waals surface area contributed by atoms with Gasteiger partial charge in [0.05, 0.1) is 13.2 Å². The van der Waals surface area contributed by atoms with Crippen molar-refractivity contribution in [3.8, 4) is 5.75 Å². The van der Waals surface area contributed by atoms with Gasteiger partial charge in [-0.15, -0.1) is 0 Å². The third-order valence-electron chi connectivity index (χ3n) is 3.94. The molecule has 1 saturated heterocycles. The van der Waals surface area contributed by atoms with E-state index in [1.54, 1.807) is 37.2 Å². The van der Waals surface area contributed by atoms with Gasteiger partial charge in [0.1, 0.15) is 5.75 Å². The molecule has 0 saturated carbocycles. The summed E-state index contributed by atoms with van der Waals surface area (Å²) in [5, 5.41) is 9.59. The molecule has 1 aliphatic heterocycles. The van der Waals surface area contributed by atoms with Crippen LogP contribution in [0.3, 0.4) is 0 Å². The number of benzene rings is 1. The van der Waals surface area contributed by atoms with Crippen molar-refractivity contribution in [2.24, 2.45) is 0 Å². The van der Waals surface area contributed by atoms with Gasteiger partial charge in [0.25, 0.3) is 0 Å². The Morgan fingerprint density at radius 2 is 2.04 bits per heavy atom. The summed E-state index contributed by atoms with van der Waals surface area (Å²) >= 11 is 0. The molecule has 1 heterocycles. The Labute approximate surface area is 138 Å². The molecule has 0 aliphatic carbocycles. The molecule has 6 nitrogen and oxygen atoms in total. The second-order valence-electron chi connectivity index (χ2n) is 6.08. The van der Waals surface area contributed by atoms with Gasteiger partial charge >= 0.3 is 6.03 Å². The molecule has 1 N–H and O–H groups in total. The van der Waals surface area contributed by atoms with Crippen LogP contribution in [0.25, 0.3) is 0 Å². The lowest BCUT2D eigenvalue weighted by Crippen LogP contribution is -2.41. The monoisotopic (exact) mass is 321 g/mol. The Hall–Kier alpha value is -1.79. The Kier molecular flexibility index (Phi) is 6.67. The minimum Gasteiger partial charge on any atom is -0.508 e. The summed E-state index contributed by atoms with van der Waals surface area (Å²) < 4.78 is 5.35. The van der Waals surface area contributed by atoms with Gasteiger partial charge in [-0.2, -0.15) is 0 Å². The van der Waals surface area contributed by atoms with Gasteiger partial charge in [-0.05, 0) is 24.1 Å². The number of carbonyl (C=O) groups is 1. The van der Waals surface area contributed by atoms with E-state index in [1.807, 2.05) is 11.0 Å². The van der Waals surface area contributed by atoms with E-state index in [-0.39, 0.29) is 11.8 Å². The molecule has 1 fully saturated rings. The number of phenols is 1.